The van der Waals surface area contributed by atoms with Crippen LogP contribution in [-0.2, 0) is 4.74 Å². The van der Waals surface area contributed by atoms with Crippen LogP contribution in [0.15, 0.2) is 36.5 Å². The number of hydrogen-bond donors (Lipinski definition) is 2. The minimum atomic E-state index is -0.362. The second-order valence-electron chi connectivity index (χ2n) is 5.28. The third-order valence-corrected chi connectivity index (χ3v) is 3.61. The van der Waals surface area contributed by atoms with Crippen molar-refractivity contribution in [3.8, 4) is 5.75 Å². The maximum atomic E-state index is 11.9. The number of para-hydroxylation sites is 2. The molecule has 0 radical (unpaired) electrons. The molecule has 0 fully saturated rings. The number of ether oxygens (including phenoxy) is 2. The van der Waals surface area contributed by atoms with Crippen LogP contribution in [0.25, 0.3) is 0 Å². The van der Waals surface area contributed by atoms with E-state index in [0.29, 0.717) is 38.7 Å². The predicted octanol–water partition coefficient (Wildman–Crippen LogP) is 2.17. The first-order valence-electron chi connectivity index (χ1n) is 8.23. The molecule has 2 aromatic rings. The molecule has 3 rings (SSSR count). The summed E-state index contributed by atoms with van der Waals surface area (Å²) < 4.78 is 10.8. The Morgan fingerprint density at radius 3 is 3.12 bits per heavy atom. The van der Waals surface area contributed by atoms with Crippen molar-refractivity contribution >= 4 is 23.5 Å². The Balaban J connectivity index is 1.67. The van der Waals surface area contributed by atoms with Crippen molar-refractivity contribution in [1.29, 1.82) is 0 Å². The Bertz CT molecular complexity index is 725. The van der Waals surface area contributed by atoms with Crippen molar-refractivity contribution in [3.05, 3.63) is 36.5 Å². The number of hydrogen-bond acceptors (Lipinski definition) is 6. The molecule has 1 aromatic carbocycles. The van der Waals surface area contributed by atoms with Crippen molar-refractivity contribution in [3.63, 3.8) is 0 Å². The number of rotatable bonds is 6. The highest BCUT2D eigenvalue weighted by molar-refractivity contribution is 5.87. The average molecular weight is 343 g/mol. The summed E-state index contributed by atoms with van der Waals surface area (Å²) in [6.07, 6.45) is 1.62. The number of carbonyl (C=O) groups excluding carboxylic acids is 1. The zero-order valence-corrected chi connectivity index (χ0v) is 14.1. The van der Waals surface area contributed by atoms with Crippen LogP contribution in [0.1, 0.15) is 6.92 Å². The van der Waals surface area contributed by atoms with E-state index in [0.717, 1.165) is 11.4 Å². The highest BCUT2D eigenvalue weighted by atomic mass is 16.5. The smallest absolute Gasteiger partial charge is 0.321 e. The van der Waals surface area contributed by atoms with Gasteiger partial charge in [-0.3, -0.25) is 5.32 Å². The van der Waals surface area contributed by atoms with Crippen LogP contribution in [-0.4, -0.2) is 48.9 Å². The Kier molecular flexibility index (Phi) is 5.63. The standard InChI is InChI=1S/C17H21N5O3/c1-2-24-11-9-19-17(23)21-16-18-8-7-15(20-16)22-10-12-25-14-6-4-3-5-13(14)22/h3-8H,2,9-12H2,1H3,(H2,18,19,20,21,23). The van der Waals surface area contributed by atoms with Crippen molar-refractivity contribution in [1.82, 2.24) is 15.3 Å². The van der Waals surface area contributed by atoms with Gasteiger partial charge in [0.1, 0.15) is 18.2 Å². The molecule has 2 N–H and O–H groups in total. The summed E-state index contributed by atoms with van der Waals surface area (Å²) in [6, 6.07) is 9.23. The summed E-state index contributed by atoms with van der Waals surface area (Å²) in [7, 11) is 0. The largest absolute Gasteiger partial charge is 0.490 e. The number of nitrogens with zero attached hydrogens (tertiary/aromatic N) is 3. The molecular weight excluding hydrogens is 322 g/mol. The van der Waals surface area contributed by atoms with Gasteiger partial charge in [0.15, 0.2) is 0 Å². The first-order chi connectivity index (χ1) is 12.3. The van der Waals surface area contributed by atoms with Crippen LogP contribution in [0, 0.1) is 0 Å². The zero-order valence-electron chi connectivity index (χ0n) is 14.1. The van der Waals surface area contributed by atoms with E-state index in [1.165, 1.54) is 0 Å². The molecule has 8 heteroatoms. The summed E-state index contributed by atoms with van der Waals surface area (Å²) >= 11 is 0. The van der Waals surface area contributed by atoms with Gasteiger partial charge in [-0.1, -0.05) is 12.1 Å². The van der Waals surface area contributed by atoms with E-state index in [2.05, 4.69) is 20.6 Å². The van der Waals surface area contributed by atoms with Gasteiger partial charge in [-0.05, 0) is 25.1 Å². The van der Waals surface area contributed by atoms with Crippen molar-refractivity contribution in [2.24, 2.45) is 0 Å². The van der Waals surface area contributed by atoms with Crippen molar-refractivity contribution < 1.29 is 14.3 Å². The van der Waals surface area contributed by atoms with Gasteiger partial charge in [-0.2, -0.15) is 4.98 Å². The van der Waals surface area contributed by atoms with E-state index in [1.54, 1.807) is 12.3 Å². The summed E-state index contributed by atoms with van der Waals surface area (Å²) in [5, 5.41) is 5.33. The van der Waals surface area contributed by atoms with Gasteiger partial charge in [-0.25, -0.2) is 9.78 Å². The summed E-state index contributed by atoms with van der Waals surface area (Å²) in [5.41, 5.74) is 0.944. The number of anilines is 3. The maximum Gasteiger partial charge on any atom is 0.321 e. The third kappa shape index (κ3) is 4.36. The van der Waals surface area contributed by atoms with Gasteiger partial charge in [0.25, 0.3) is 0 Å². The van der Waals surface area contributed by atoms with E-state index < -0.39 is 0 Å². The highest BCUT2D eigenvalue weighted by Crippen LogP contribution is 2.35. The fourth-order valence-corrected chi connectivity index (χ4v) is 2.49. The van der Waals surface area contributed by atoms with Crippen LogP contribution >= 0.6 is 0 Å². The lowest BCUT2D eigenvalue weighted by Crippen LogP contribution is -2.33. The molecule has 1 aliphatic rings. The molecular formula is C17H21N5O3. The second kappa shape index (κ2) is 8.29. The molecule has 0 unspecified atom stereocenters. The summed E-state index contributed by atoms with van der Waals surface area (Å²) in [5.74, 6) is 1.77. The first kappa shape index (κ1) is 17.0. The first-order valence-corrected chi connectivity index (χ1v) is 8.23. The molecule has 8 nitrogen and oxygen atoms in total. The molecule has 1 aliphatic heterocycles. The van der Waals surface area contributed by atoms with Gasteiger partial charge in [0, 0.05) is 19.3 Å². The van der Waals surface area contributed by atoms with Crippen LogP contribution < -0.4 is 20.3 Å². The number of aromatic nitrogens is 2. The van der Waals surface area contributed by atoms with Crippen LogP contribution in [0.4, 0.5) is 22.2 Å². The Hall–Kier alpha value is -2.87. The normalized spacial score (nSPS) is 12.9. The minimum Gasteiger partial charge on any atom is -0.490 e. The number of nitrogens with one attached hydrogen (secondary N) is 2. The monoisotopic (exact) mass is 343 g/mol. The Labute approximate surface area is 146 Å². The molecule has 25 heavy (non-hydrogen) atoms. The molecule has 1 aromatic heterocycles. The quantitative estimate of drug-likeness (QED) is 0.782. The fourth-order valence-electron chi connectivity index (χ4n) is 2.49. The molecule has 2 heterocycles. The minimum absolute atomic E-state index is 0.246. The highest BCUT2D eigenvalue weighted by Gasteiger charge is 2.20. The third-order valence-electron chi connectivity index (χ3n) is 3.61. The van der Waals surface area contributed by atoms with Gasteiger partial charge >= 0.3 is 6.03 Å². The topological polar surface area (TPSA) is 88.6 Å². The number of benzene rings is 1. The summed E-state index contributed by atoms with van der Waals surface area (Å²) in [6.45, 7) is 4.67. The lowest BCUT2D eigenvalue weighted by atomic mass is 10.2. The number of fused-ring (bicyclic) bond motifs is 1. The second-order valence-corrected chi connectivity index (χ2v) is 5.28. The molecule has 0 spiro atoms. The van der Waals surface area contributed by atoms with E-state index in [9.17, 15) is 4.79 Å². The fraction of sp³-hybridized carbons (Fsp3) is 0.353. The zero-order chi connectivity index (χ0) is 17.5. The maximum absolute atomic E-state index is 11.9. The van der Waals surface area contributed by atoms with Gasteiger partial charge in [-0.15, -0.1) is 0 Å². The lowest BCUT2D eigenvalue weighted by Gasteiger charge is -2.30. The average Bonchev–Trinajstić information content (AvgIpc) is 2.65. The van der Waals surface area contributed by atoms with Crippen LogP contribution in [0.5, 0.6) is 5.75 Å². The van der Waals surface area contributed by atoms with E-state index in [4.69, 9.17) is 9.47 Å². The van der Waals surface area contributed by atoms with Crippen LogP contribution in [0.2, 0.25) is 0 Å². The van der Waals surface area contributed by atoms with E-state index >= 15 is 0 Å². The van der Waals surface area contributed by atoms with Crippen LogP contribution in [0.3, 0.4) is 0 Å². The van der Waals surface area contributed by atoms with Crippen molar-refractivity contribution in [2.45, 2.75) is 6.92 Å². The van der Waals surface area contributed by atoms with E-state index in [1.807, 2.05) is 36.1 Å². The predicted molar refractivity (Wildman–Crippen MR) is 94.5 cm³/mol. The number of amides is 2. The molecule has 0 saturated heterocycles. The van der Waals surface area contributed by atoms with Gasteiger partial charge < -0.3 is 19.7 Å². The summed E-state index contributed by atoms with van der Waals surface area (Å²) in [4.78, 5) is 22.4. The van der Waals surface area contributed by atoms with Crippen molar-refractivity contribution in [2.75, 3.05) is 43.1 Å². The molecule has 0 aliphatic carbocycles. The molecule has 132 valence electrons. The van der Waals surface area contributed by atoms with Gasteiger partial charge in [0.2, 0.25) is 5.95 Å². The van der Waals surface area contributed by atoms with Gasteiger partial charge in [0.05, 0.1) is 18.8 Å². The lowest BCUT2D eigenvalue weighted by molar-refractivity contribution is 0.150. The Morgan fingerprint density at radius 2 is 2.24 bits per heavy atom. The molecule has 0 atom stereocenters. The van der Waals surface area contributed by atoms with E-state index in [-0.39, 0.29) is 12.0 Å². The molecule has 0 bridgehead atoms. The SMILES string of the molecule is CCOCCNC(=O)Nc1nccc(N2CCOc3ccccc32)n1. The molecule has 2 amide bonds. The Morgan fingerprint density at radius 1 is 1.36 bits per heavy atom. The number of carbonyl (C=O) groups is 1. The molecule has 0 saturated carbocycles. The number of urea groups is 1.